The van der Waals surface area contributed by atoms with Crippen molar-refractivity contribution >= 4 is 18.5 Å². The summed E-state index contributed by atoms with van der Waals surface area (Å²) in [5, 5.41) is 13.9. The molecular weight excluding hydrogens is 276 g/mol. The molecule has 0 bridgehead atoms. The predicted octanol–water partition coefficient (Wildman–Crippen LogP) is 2.58. The molecule has 0 rings (SSSR count). The zero-order valence-electron chi connectivity index (χ0n) is 12.1. The maximum Gasteiger partial charge on any atom is 0.508 e. The normalized spacial score (nSPS) is 7.80. The molecule has 0 amide bonds. The summed E-state index contributed by atoms with van der Waals surface area (Å²) in [4.78, 5) is 28.8. The SMILES string of the molecule is CCCOC(=O)OCCC.COC(=O)OC.O=C(O)O. The zero-order chi connectivity index (χ0) is 16.4. The third kappa shape index (κ3) is 36.0. The Balaban J connectivity index is -0.000000246. The molecule has 0 aliphatic carbocycles. The molecule has 0 saturated carbocycles. The summed E-state index contributed by atoms with van der Waals surface area (Å²) >= 11 is 0. The Morgan fingerprint density at radius 1 is 0.800 bits per heavy atom. The summed E-state index contributed by atoms with van der Waals surface area (Å²) in [7, 11) is 2.51. The van der Waals surface area contributed by atoms with Crippen molar-refractivity contribution in [3.8, 4) is 0 Å². The van der Waals surface area contributed by atoms with Crippen molar-refractivity contribution in [3.05, 3.63) is 0 Å². The van der Waals surface area contributed by atoms with Crippen molar-refractivity contribution in [2.45, 2.75) is 26.7 Å². The number of carbonyl (C=O) groups is 3. The average molecular weight is 298 g/mol. The summed E-state index contributed by atoms with van der Waals surface area (Å²) in [5.74, 6) is 0. The van der Waals surface area contributed by atoms with Crippen LogP contribution in [0.3, 0.4) is 0 Å². The first kappa shape index (κ1) is 22.9. The van der Waals surface area contributed by atoms with Crippen LogP contribution in [-0.2, 0) is 18.9 Å². The molecule has 0 spiro atoms. The van der Waals surface area contributed by atoms with Gasteiger partial charge in [-0.3, -0.25) is 0 Å². The molecule has 0 atom stereocenters. The third-order valence-corrected chi connectivity index (χ3v) is 1.18. The summed E-state index contributed by atoms with van der Waals surface area (Å²) in [6, 6.07) is 0. The van der Waals surface area contributed by atoms with E-state index in [0.717, 1.165) is 12.8 Å². The van der Waals surface area contributed by atoms with Crippen LogP contribution in [0.25, 0.3) is 0 Å². The fourth-order valence-electron chi connectivity index (χ4n) is 0.496. The Morgan fingerprint density at radius 2 is 1.10 bits per heavy atom. The molecule has 9 heteroatoms. The summed E-state index contributed by atoms with van der Waals surface area (Å²) < 4.78 is 17.3. The van der Waals surface area contributed by atoms with Crippen LogP contribution in [0.4, 0.5) is 14.4 Å². The molecule has 0 aliphatic rings. The van der Waals surface area contributed by atoms with E-state index in [4.69, 9.17) is 15.0 Å². The van der Waals surface area contributed by atoms with Crippen molar-refractivity contribution in [1.82, 2.24) is 0 Å². The van der Waals surface area contributed by atoms with Crippen LogP contribution in [0, 0.1) is 0 Å². The monoisotopic (exact) mass is 298 g/mol. The first-order valence-corrected chi connectivity index (χ1v) is 5.68. The second-order valence-corrected chi connectivity index (χ2v) is 2.89. The molecule has 20 heavy (non-hydrogen) atoms. The molecule has 0 heterocycles. The first-order valence-electron chi connectivity index (χ1n) is 5.68. The van der Waals surface area contributed by atoms with Crippen molar-refractivity contribution in [1.29, 1.82) is 0 Å². The van der Waals surface area contributed by atoms with Crippen molar-refractivity contribution in [2.24, 2.45) is 0 Å². The van der Waals surface area contributed by atoms with E-state index in [1.165, 1.54) is 14.2 Å². The van der Waals surface area contributed by atoms with Gasteiger partial charge in [0.05, 0.1) is 27.4 Å². The lowest BCUT2D eigenvalue weighted by Gasteiger charge is -2.02. The van der Waals surface area contributed by atoms with Crippen molar-refractivity contribution in [3.63, 3.8) is 0 Å². The number of carbonyl (C=O) groups excluding carboxylic acids is 2. The van der Waals surface area contributed by atoms with Crippen LogP contribution in [0.1, 0.15) is 26.7 Å². The highest BCUT2D eigenvalue weighted by molar-refractivity contribution is 5.59. The first-order chi connectivity index (χ1) is 9.35. The third-order valence-electron chi connectivity index (χ3n) is 1.18. The lowest BCUT2D eigenvalue weighted by atomic mass is 10.5. The molecule has 0 saturated heterocycles. The van der Waals surface area contributed by atoms with Crippen LogP contribution >= 0.6 is 0 Å². The minimum atomic E-state index is -1.83. The topological polar surface area (TPSA) is 129 Å². The second kappa shape index (κ2) is 19.2. The molecule has 2 N–H and O–H groups in total. The van der Waals surface area contributed by atoms with Gasteiger partial charge in [-0.2, -0.15) is 0 Å². The molecule has 0 aliphatic heterocycles. The van der Waals surface area contributed by atoms with Crippen LogP contribution in [0.5, 0.6) is 0 Å². The van der Waals surface area contributed by atoms with Crippen molar-refractivity contribution < 1.29 is 43.5 Å². The minimum absolute atomic E-state index is 0.447. The van der Waals surface area contributed by atoms with Crippen LogP contribution in [-0.4, -0.2) is 56.1 Å². The maximum absolute atomic E-state index is 10.5. The van der Waals surface area contributed by atoms with Crippen molar-refractivity contribution in [2.75, 3.05) is 27.4 Å². The van der Waals surface area contributed by atoms with Gasteiger partial charge < -0.3 is 29.2 Å². The number of hydrogen-bond donors (Lipinski definition) is 2. The van der Waals surface area contributed by atoms with E-state index in [9.17, 15) is 9.59 Å². The molecule has 9 nitrogen and oxygen atoms in total. The number of rotatable bonds is 4. The molecular formula is C11H22O9. The quantitative estimate of drug-likeness (QED) is 0.752. The highest BCUT2D eigenvalue weighted by atomic mass is 16.7. The average Bonchev–Trinajstić information content (AvgIpc) is 2.41. The standard InChI is InChI=1S/C7H14O3.C3H6O3.CH2O3/c1-3-5-9-7(8)10-6-4-2;1-5-3(4)6-2;2-1(3)4/h3-6H2,1-2H3;1-2H3;(H2,2,3,4). The number of hydrogen-bond acceptors (Lipinski definition) is 7. The largest absolute Gasteiger partial charge is 0.508 e. The van der Waals surface area contributed by atoms with E-state index in [0.29, 0.717) is 13.2 Å². The maximum atomic E-state index is 10.5. The molecule has 0 aromatic heterocycles. The van der Waals surface area contributed by atoms with Crippen LogP contribution in [0.2, 0.25) is 0 Å². The zero-order valence-corrected chi connectivity index (χ0v) is 12.1. The van der Waals surface area contributed by atoms with E-state index in [1.54, 1.807) is 0 Å². The Labute approximate surface area is 117 Å². The smallest absolute Gasteiger partial charge is 0.450 e. The van der Waals surface area contributed by atoms with Gasteiger partial charge in [-0.05, 0) is 12.8 Å². The molecule has 120 valence electrons. The fraction of sp³-hybridized carbons (Fsp3) is 0.727. The summed E-state index contributed by atoms with van der Waals surface area (Å²) in [6.45, 7) is 4.77. The molecule has 0 unspecified atom stereocenters. The Morgan fingerprint density at radius 3 is 1.25 bits per heavy atom. The second-order valence-electron chi connectivity index (χ2n) is 2.89. The van der Waals surface area contributed by atoms with E-state index in [2.05, 4.69) is 18.9 Å². The number of carboxylic acid groups (broad SMARTS) is 2. The Hall–Kier alpha value is -2.19. The fourth-order valence-corrected chi connectivity index (χ4v) is 0.496. The van der Waals surface area contributed by atoms with E-state index >= 15 is 0 Å². The van der Waals surface area contributed by atoms with Crippen LogP contribution in [0.15, 0.2) is 0 Å². The van der Waals surface area contributed by atoms with Gasteiger partial charge in [0, 0.05) is 0 Å². The lowest BCUT2D eigenvalue weighted by Crippen LogP contribution is -2.08. The van der Waals surface area contributed by atoms with Gasteiger partial charge in [0.25, 0.3) is 0 Å². The highest BCUT2D eigenvalue weighted by Crippen LogP contribution is 1.88. The van der Waals surface area contributed by atoms with Gasteiger partial charge in [0.2, 0.25) is 0 Å². The highest BCUT2D eigenvalue weighted by Gasteiger charge is 1.99. The van der Waals surface area contributed by atoms with Gasteiger partial charge in [0.15, 0.2) is 0 Å². The number of methoxy groups -OCH3 is 2. The Bertz CT molecular complexity index is 232. The van der Waals surface area contributed by atoms with E-state index < -0.39 is 18.5 Å². The lowest BCUT2D eigenvalue weighted by molar-refractivity contribution is 0.0554. The molecule has 0 aromatic carbocycles. The number of ether oxygens (including phenoxy) is 4. The van der Waals surface area contributed by atoms with Crippen LogP contribution < -0.4 is 0 Å². The van der Waals surface area contributed by atoms with Gasteiger partial charge >= 0.3 is 18.5 Å². The Kier molecular flexibility index (Phi) is 22.0. The molecule has 0 radical (unpaired) electrons. The minimum Gasteiger partial charge on any atom is -0.450 e. The van der Waals surface area contributed by atoms with Gasteiger partial charge in [-0.15, -0.1) is 0 Å². The predicted molar refractivity (Wildman–Crippen MR) is 67.9 cm³/mol. The molecule has 0 fully saturated rings. The molecule has 0 aromatic rings. The summed E-state index contributed by atoms with van der Waals surface area (Å²) in [5.41, 5.74) is 0. The van der Waals surface area contributed by atoms with E-state index in [-0.39, 0.29) is 0 Å². The van der Waals surface area contributed by atoms with Gasteiger partial charge in [-0.25, -0.2) is 14.4 Å². The van der Waals surface area contributed by atoms with Gasteiger partial charge in [-0.1, -0.05) is 13.8 Å². The van der Waals surface area contributed by atoms with Gasteiger partial charge in [0.1, 0.15) is 0 Å². The van der Waals surface area contributed by atoms with E-state index in [1.807, 2.05) is 13.8 Å². The summed E-state index contributed by atoms with van der Waals surface area (Å²) in [6.07, 6.45) is -1.37.